The Morgan fingerprint density at radius 2 is 1.88 bits per heavy atom. The third-order valence-electron chi connectivity index (χ3n) is 7.58. The molecule has 0 bridgehead atoms. The van der Waals surface area contributed by atoms with Crippen LogP contribution in [0.2, 0.25) is 0 Å². The average molecular weight is 564 g/mol. The zero-order valence-electron chi connectivity index (χ0n) is 24.1. The number of aryl methyl sites for hydroxylation is 1. The Morgan fingerprint density at radius 1 is 1.15 bits per heavy atom. The third-order valence-corrected chi connectivity index (χ3v) is 7.58. The van der Waals surface area contributed by atoms with Crippen molar-refractivity contribution in [3.8, 4) is 11.6 Å². The maximum absolute atomic E-state index is 11.4. The summed E-state index contributed by atoms with van der Waals surface area (Å²) in [6.45, 7) is 9.81. The van der Waals surface area contributed by atoms with Gasteiger partial charge in [-0.3, -0.25) is 9.89 Å². The Hall–Kier alpha value is -2.70. The fourth-order valence-electron chi connectivity index (χ4n) is 4.69. The van der Waals surface area contributed by atoms with Crippen LogP contribution in [0.4, 0.5) is 0 Å². The van der Waals surface area contributed by atoms with Crippen molar-refractivity contribution in [3.05, 3.63) is 40.6 Å². The number of H-pyrrole nitrogens is 1. The Balaban J connectivity index is 1.64. The van der Waals surface area contributed by atoms with Crippen molar-refractivity contribution in [1.82, 2.24) is 10.2 Å². The van der Waals surface area contributed by atoms with Gasteiger partial charge in [-0.15, -0.1) is 5.10 Å². The van der Waals surface area contributed by atoms with Crippen LogP contribution in [-0.2, 0) is 16.0 Å². The van der Waals surface area contributed by atoms with Crippen LogP contribution in [-0.4, -0.2) is 80.5 Å². The number of ether oxygens (including phenoxy) is 3. The number of hydrogen-bond acceptors (Lipinski definition) is 9. The second-order valence-electron chi connectivity index (χ2n) is 11.6. The third kappa shape index (κ3) is 7.73. The normalized spacial score (nSPS) is 23.4. The summed E-state index contributed by atoms with van der Waals surface area (Å²) in [6, 6.07) is 5.90. The summed E-state index contributed by atoms with van der Waals surface area (Å²) in [6.07, 6.45) is -2.97. The molecule has 40 heavy (non-hydrogen) atoms. The summed E-state index contributed by atoms with van der Waals surface area (Å²) in [5.74, 6) is 0.814. The lowest BCUT2D eigenvalue weighted by molar-refractivity contribution is -0.278. The molecular weight excluding hydrogens is 518 g/mol. The molecule has 1 aromatic carbocycles. The zero-order chi connectivity index (χ0) is 29.6. The van der Waals surface area contributed by atoms with Gasteiger partial charge in [0, 0.05) is 23.1 Å². The molecule has 1 saturated heterocycles. The highest BCUT2D eigenvalue weighted by atomic mass is 16.7. The van der Waals surface area contributed by atoms with Crippen LogP contribution in [0.15, 0.2) is 18.2 Å². The fourth-order valence-corrected chi connectivity index (χ4v) is 4.69. The van der Waals surface area contributed by atoms with E-state index in [-0.39, 0.29) is 17.7 Å². The number of aromatic nitrogens is 2. The van der Waals surface area contributed by atoms with Crippen LogP contribution in [0, 0.1) is 12.3 Å². The standard InChI is InChI=1S/C29H45N3O8/c1-16(2)22-20(26(32-31-22)40-27-25(36)24(35)23(34)21(15-33)39-27)14-18-9-10-19(13-17(18)3)38-12-8-6-7-11-29(4,5)28(30)37/h9-10,13,16,21,23-25,27,33-36H,6-8,11-12,14-15H2,1-5H3,(H2,30,37)(H,31,32)/t21-,23+,24+,25-,27+/m1/s1. The lowest BCUT2D eigenvalue weighted by Gasteiger charge is -2.39. The molecule has 2 heterocycles. The van der Waals surface area contributed by atoms with E-state index in [1.54, 1.807) is 0 Å². The average Bonchev–Trinajstić information content (AvgIpc) is 3.30. The second-order valence-corrected chi connectivity index (χ2v) is 11.6. The molecule has 1 aliphatic rings. The number of aliphatic hydroxyl groups excluding tert-OH is 4. The van der Waals surface area contributed by atoms with Crippen LogP contribution in [0.1, 0.15) is 81.7 Å². The molecule has 1 aliphatic heterocycles. The molecular formula is C29H45N3O8. The summed E-state index contributed by atoms with van der Waals surface area (Å²) >= 11 is 0. The first-order chi connectivity index (χ1) is 18.9. The highest BCUT2D eigenvalue weighted by molar-refractivity contribution is 5.79. The number of aromatic amines is 1. The minimum atomic E-state index is -1.54. The molecule has 0 aliphatic carbocycles. The van der Waals surface area contributed by atoms with Crippen molar-refractivity contribution in [2.45, 2.75) is 103 Å². The van der Waals surface area contributed by atoms with Gasteiger partial charge in [-0.2, -0.15) is 0 Å². The van der Waals surface area contributed by atoms with Gasteiger partial charge in [0.1, 0.15) is 30.2 Å². The van der Waals surface area contributed by atoms with Crippen molar-refractivity contribution in [3.63, 3.8) is 0 Å². The number of nitrogens with two attached hydrogens (primary N) is 1. The predicted molar refractivity (Wildman–Crippen MR) is 148 cm³/mol. The smallest absolute Gasteiger partial charge is 0.238 e. The fraction of sp³-hybridized carbons (Fsp3) is 0.655. The number of amides is 1. The molecule has 0 spiro atoms. The van der Waals surface area contributed by atoms with Gasteiger partial charge in [0.15, 0.2) is 0 Å². The number of nitrogens with one attached hydrogen (secondary N) is 1. The highest BCUT2D eigenvalue weighted by Crippen LogP contribution is 2.32. The minimum Gasteiger partial charge on any atom is -0.494 e. The van der Waals surface area contributed by atoms with E-state index in [4.69, 9.17) is 19.9 Å². The maximum Gasteiger partial charge on any atom is 0.238 e. The molecule has 2 aromatic rings. The summed E-state index contributed by atoms with van der Waals surface area (Å²) in [5, 5.41) is 47.4. The van der Waals surface area contributed by atoms with Gasteiger partial charge in [-0.25, -0.2) is 0 Å². The molecule has 1 amide bonds. The van der Waals surface area contributed by atoms with E-state index in [2.05, 4.69) is 10.2 Å². The monoisotopic (exact) mass is 563 g/mol. The molecule has 1 fully saturated rings. The first kappa shape index (κ1) is 31.8. The van der Waals surface area contributed by atoms with Gasteiger partial charge in [-0.1, -0.05) is 46.6 Å². The summed E-state index contributed by atoms with van der Waals surface area (Å²) in [5.41, 5.74) is 8.64. The molecule has 0 unspecified atom stereocenters. The Kier molecular flexibility index (Phi) is 11.0. The minimum absolute atomic E-state index is 0.103. The largest absolute Gasteiger partial charge is 0.494 e. The summed E-state index contributed by atoms with van der Waals surface area (Å²) < 4.78 is 17.4. The van der Waals surface area contributed by atoms with Gasteiger partial charge in [-0.05, 0) is 48.9 Å². The molecule has 11 heteroatoms. The van der Waals surface area contributed by atoms with Crippen LogP contribution >= 0.6 is 0 Å². The first-order valence-corrected chi connectivity index (χ1v) is 13.9. The quantitative estimate of drug-likeness (QED) is 0.188. The van der Waals surface area contributed by atoms with Gasteiger partial charge in [0.25, 0.3) is 0 Å². The molecule has 11 nitrogen and oxygen atoms in total. The van der Waals surface area contributed by atoms with Crippen LogP contribution in [0.3, 0.4) is 0 Å². The van der Waals surface area contributed by atoms with Crippen molar-refractivity contribution in [2.75, 3.05) is 13.2 Å². The number of primary amides is 1. The molecule has 5 atom stereocenters. The van der Waals surface area contributed by atoms with Crippen LogP contribution in [0.5, 0.6) is 11.6 Å². The summed E-state index contributed by atoms with van der Waals surface area (Å²) in [7, 11) is 0. The van der Waals surface area contributed by atoms with E-state index in [0.29, 0.717) is 13.0 Å². The van der Waals surface area contributed by atoms with Gasteiger partial charge in [0.2, 0.25) is 18.1 Å². The Bertz CT molecular complexity index is 1120. The van der Waals surface area contributed by atoms with Gasteiger partial charge in [0.05, 0.1) is 13.2 Å². The second kappa shape index (κ2) is 13.8. The van der Waals surface area contributed by atoms with Gasteiger partial charge >= 0.3 is 0 Å². The number of hydrogen-bond donors (Lipinski definition) is 6. The number of rotatable bonds is 14. The Morgan fingerprint density at radius 3 is 2.50 bits per heavy atom. The van der Waals surface area contributed by atoms with Crippen molar-refractivity contribution in [2.24, 2.45) is 11.1 Å². The molecule has 0 saturated carbocycles. The van der Waals surface area contributed by atoms with E-state index in [9.17, 15) is 25.2 Å². The number of aliphatic hydroxyl groups is 4. The van der Waals surface area contributed by atoms with Crippen molar-refractivity contribution >= 4 is 5.91 Å². The SMILES string of the molecule is Cc1cc(OCCCCCC(C)(C)C(N)=O)ccc1Cc1c(O[C@@H]2O[C@H](CO)[C@H](O)[C@H](O)[C@H]2O)n[nH]c1C(C)C. The summed E-state index contributed by atoms with van der Waals surface area (Å²) in [4.78, 5) is 11.4. The molecule has 224 valence electrons. The zero-order valence-corrected chi connectivity index (χ0v) is 24.1. The lowest BCUT2D eigenvalue weighted by Crippen LogP contribution is -2.60. The topological polar surface area (TPSA) is 180 Å². The molecule has 0 radical (unpaired) electrons. The number of benzene rings is 1. The van der Waals surface area contributed by atoms with E-state index < -0.39 is 42.7 Å². The number of nitrogens with zero attached hydrogens (tertiary/aromatic N) is 1. The van der Waals surface area contributed by atoms with E-state index in [1.807, 2.05) is 52.8 Å². The number of carbonyl (C=O) groups excluding carboxylic acids is 1. The van der Waals surface area contributed by atoms with Crippen molar-refractivity contribution < 1.29 is 39.4 Å². The van der Waals surface area contributed by atoms with E-state index in [0.717, 1.165) is 53.8 Å². The van der Waals surface area contributed by atoms with E-state index in [1.165, 1.54) is 0 Å². The lowest BCUT2D eigenvalue weighted by atomic mass is 9.86. The van der Waals surface area contributed by atoms with Crippen LogP contribution in [0.25, 0.3) is 0 Å². The van der Waals surface area contributed by atoms with Gasteiger partial charge < -0.3 is 40.4 Å². The maximum atomic E-state index is 11.4. The van der Waals surface area contributed by atoms with Crippen LogP contribution < -0.4 is 15.2 Å². The van der Waals surface area contributed by atoms with E-state index >= 15 is 0 Å². The highest BCUT2D eigenvalue weighted by Gasteiger charge is 2.45. The Labute approximate surface area is 235 Å². The number of unbranched alkanes of at least 4 members (excludes halogenated alkanes) is 2. The molecule has 1 aromatic heterocycles. The first-order valence-electron chi connectivity index (χ1n) is 13.9. The molecule has 7 N–H and O–H groups in total. The molecule has 3 rings (SSSR count). The predicted octanol–water partition coefficient (Wildman–Crippen LogP) is 2.06. The number of carbonyl (C=O) groups is 1. The van der Waals surface area contributed by atoms with Crippen molar-refractivity contribution in [1.29, 1.82) is 0 Å².